The van der Waals surface area contributed by atoms with Crippen molar-refractivity contribution in [2.45, 2.75) is 33.1 Å². The van der Waals surface area contributed by atoms with E-state index >= 15 is 0 Å². The quantitative estimate of drug-likeness (QED) is 0.407. The Kier molecular flexibility index (Phi) is 2.30. The Bertz CT molecular complexity index is 130. The second kappa shape index (κ2) is 3.04. The van der Waals surface area contributed by atoms with Crippen LogP contribution in [-0.2, 0) is 0 Å². The Morgan fingerprint density at radius 3 is 2.10 bits per heavy atom. The highest BCUT2D eigenvalue weighted by molar-refractivity contribution is 5.88. The van der Waals surface area contributed by atoms with Crippen LogP contribution in [0.15, 0.2) is 5.16 Å². The van der Waals surface area contributed by atoms with E-state index in [0.717, 1.165) is 5.71 Å². The van der Waals surface area contributed by atoms with Gasteiger partial charge in [0.1, 0.15) is 0 Å². The minimum Gasteiger partial charge on any atom is -0.411 e. The van der Waals surface area contributed by atoms with Gasteiger partial charge in [-0.2, -0.15) is 0 Å². The Hall–Kier alpha value is -0.530. The van der Waals surface area contributed by atoms with Gasteiger partial charge >= 0.3 is 0 Å². The fourth-order valence-corrected chi connectivity index (χ4v) is 1.71. The van der Waals surface area contributed by atoms with Crippen molar-refractivity contribution in [3.8, 4) is 0 Å². The normalized spacial score (nSPS) is 34.0. The summed E-state index contributed by atoms with van der Waals surface area (Å²) in [6, 6.07) is 0. The van der Waals surface area contributed by atoms with Gasteiger partial charge in [-0.1, -0.05) is 25.4 Å². The van der Waals surface area contributed by atoms with E-state index in [1.54, 1.807) is 0 Å². The fourth-order valence-electron chi connectivity index (χ4n) is 1.71. The summed E-state index contributed by atoms with van der Waals surface area (Å²) in [5, 5.41) is 11.9. The molecule has 1 fully saturated rings. The highest BCUT2D eigenvalue weighted by atomic mass is 16.4. The summed E-state index contributed by atoms with van der Waals surface area (Å²) in [5.41, 5.74) is 0.992. The molecule has 0 saturated heterocycles. The van der Waals surface area contributed by atoms with Crippen molar-refractivity contribution in [2.75, 3.05) is 0 Å². The van der Waals surface area contributed by atoms with Crippen LogP contribution in [0.2, 0.25) is 0 Å². The summed E-state index contributed by atoms with van der Waals surface area (Å²) in [7, 11) is 0. The third-order valence-corrected chi connectivity index (χ3v) is 2.40. The second-order valence-electron chi connectivity index (χ2n) is 3.26. The third-order valence-electron chi connectivity index (χ3n) is 2.40. The van der Waals surface area contributed by atoms with E-state index in [-0.39, 0.29) is 0 Å². The first-order valence-electron chi connectivity index (χ1n) is 3.97. The lowest BCUT2D eigenvalue weighted by molar-refractivity contribution is 0.304. The maximum Gasteiger partial charge on any atom is 0.0626 e. The van der Waals surface area contributed by atoms with Crippen LogP contribution in [0.25, 0.3) is 0 Å². The predicted octanol–water partition coefficient (Wildman–Crippen LogP) is 2.27. The van der Waals surface area contributed by atoms with E-state index in [1.807, 2.05) is 0 Å². The standard InChI is InChI=1S/C8H15NO/c1-6-4-3-5-7(2)8(6)9-10/h6-7,10H,3-5H2,1-2H3/t6-,7-/m1/s1. The van der Waals surface area contributed by atoms with Crippen molar-refractivity contribution in [1.82, 2.24) is 0 Å². The zero-order chi connectivity index (χ0) is 7.56. The molecule has 1 N–H and O–H groups in total. The lowest BCUT2D eigenvalue weighted by Crippen LogP contribution is -2.24. The van der Waals surface area contributed by atoms with Crippen molar-refractivity contribution < 1.29 is 5.21 Å². The smallest absolute Gasteiger partial charge is 0.0626 e. The SMILES string of the molecule is C[C@@H]1CCC[C@@H](C)C1=NO. The first kappa shape index (κ1) is 7.58. The van der Waals surface area contributed by atoms with Crippen LogP contribution in [-0.4, -0.2) is 10.9 Å². The van der Waals surface area contributed by atoms with E-state index in [0.29, 0.717) is 11.8 Å². The summed E-state index contributed by atoms with van der Waals surface area (Å²) in [6.45, 7) is 4.26. The summed E-state index contributed by atoms with van der Waals surface area (Å²) in [6.07, 6.45) is 3.65. The predicted molar refractivity (Wildman–Crippen MR) is 41.4 cm³/mol. The largest absolute Gasteiger partial charge is 0.411 e. The molecule has 10 heavy (non-hydrogen) atoms. The summed E-state index contributed by atoms with van der Waals surface area (Å²) in [4.78, 5) is 0. The van der Waals surface area contributed by atoms with Crippen LogP contribution in [0, 0.1) is 11.8 Å². The molecule has 2 nitrogen and oxygen atoms in total. The molecule has 0 aromatic rings. The molecule has 1 saturated carbocycles. The van der Waals surface area contributed by atoms with Gasteiger partial charge in [-0.15, -0.1) is 0 Å². The molecule has 1 rings (SSSR count). The van der Waals surface area contributed by atoms with Gasteiger partial charge < -0.3 is 5.21 Å². The second-order valence-corrected chi connectivity index (χ2v) is 3.26. The summed E-state index contributed by atoms with van der Waals surface area (Å²) in [5.74, 6) is 0.988. The van der Waals surface area contributed by atoms with Gasteiger partial charge in [0.15, 0.2) is 0 Å². The van der Waals surface area contributed by atoms with Gasteiger partial charge in [-0.3, -0.25) is 0 Å². The monoisotopic (exact) mass is 141 g/mol. The third kappa shape index (κ3) is 1.31. The molecule has 2 heteroatoms. The molecule has 0 heterocycles. The Morgan fingerprint density at radius 2 is 1.80 bits per heavy atom. The minimum atomic E-state index is 0.494. The van der Waals surface area contributed by atoms with Crippen molar-refractivity contribution in [3.63, 3.8) is 0 Å². The first-order valence-corrected chi connectivity index (χ1v) is 3.97. The molecule has 0 aromatic heterocycles. The molecule has 0 aromatic carbocycles. The van der Waals surface area contributed by atoms with Crippen LogP contribution < -0.4 is 0 Å². The number of hydrogen-bond acceptors (Lipinski definition) is 2. The zero-order valence-corrected chi connectivity index (χ0v) is 6.67. The number of oxime groups is 1. The number of nitrogens with zero attached hydrogens (tertiary/aromatic N) is 1. The Balaban J connectivity index is 2.63. The Morgan fingerprint density at radius 1 is 1.30 bits per heavy atom. The van der Waals surface area contributed by atoms with Crippen molar-refractivity contribution >= 4 is 5.71 Å². The van der Waals surface area contributed by atoms with Gasteiger partial charge in [0.05, 0.1) is 5.71 Å². The van der Waals surface area contributed by atoms with Crippen molar-refractivity contribution in [3.05, 3.63) is 0 Å². The average Bonchev–Trinajstić information content (AvgIpc) is 1.88. The molecule has 0 unspecified atom stereocenters. The minimum absolute atomic E-state index is 0.494. The Labute approximate surface area is 61.9 Å². The molecule has 58 valence electrons. The molecule has 1 aliphatic carbocycles. The first-order chi connectivity index (χ1) is 4.75. The zero-order valence-electron chi connectivity index (χ0n) is 6.67. The van der Waals surface area contributed by atoms with Gasteiger partial charge in [-0.25, -0.2) is 0 Å². The fraction of sp³-hybridized carbons (Fsp3) is 0.875. The molecule has 0 spiro atoms. The van der Waals surface area contributed by atoms with Gasteiger partial charge in [0, 0.05) is 0 Å². The molecule has 0 aliphatic heterocycles. The number of rotatable bonds is 0. The van der Waals surface area contributed by atoms with Crippen molar-refractivity contribution in [2.24, 2.45) is 17.0 Å². The van der Waals surface area contributed by atoms with Crippen LogP contribution >= 0.6 is 0 Å². The number of hydrogen-bond donors (Lipinski definition) is 1. The van der Waals surface area contributed by atoms with Gasteiger partial charge in [-0.05, 0) is 24.7 Å². The molecular weight excluding hydrogens is 126 g/mol. The maximum absolute atomic E-state index is 8.62. The molecule has 0 bridgehead atoms. The topological polar surface area (TPSA) is 32.6 Å². The molecule has 0 radical (unpaired) electrons. The maximum atomic E-state index is 8.62. The lowest BCUT2D eigenvalue weighted by Gasteiger charge is -2.24. The van der Waals surface area contributed by atoms with E-state index in [4.69, 9.17) is 5.21 Å². The molecule has 1 aliphatic rings. The average molecular weight is 141 g/mol. The lowest BCUT2D eigenvalue weighted by atomic mass is 9.82. The van der Waals surface area contributed by atoms with Gasteiger partial charge in [0.2, 0.25) is 0 Å². The van der Waals surface area contributed by atoms with Crippen LogP contribution in [0.5, 0.6) is 0 Å². The summed E-state index contributed by atoms with van der Waals surface area (Å²) >= 11 is 0. The van der Waals surface area contributed by atoms with Gasteiger partial charge in [0.25, 0.3) is 0 Å². The van der Waals surface area contributed by atoms with E-state index in [1.165, 1.54) is 19.3 Å². The van der Waals surface area contributed by atoms with E-state index in [9.17, 15) is 0 Å². The van der Waals surface area contributed by atoms with Crippen LogP contribution in [0.1, 0.15) is 33.1 Å². The van der Waals surface area contributed by atoms with E-state index < -0.39 is 0 Å². The highest BCUT2D eigenvalue weighted by Crippen LogP contribution is 2.25. The van der Waals surface area contributed by atoms with Crippen LogP contribution in [0.3, 0.4) is 0 Å². The molecule has 2 atom stereocenters. The highest BCUT2D eigenvalue weighted by Gasteiger charge is 2.22. The summed E-state index contributed by atoms with van der Waals surface area (Å²) < 4.78 is 0. The van der Waals surface area contributed by atoms with Crippen molar-refractivity contribution in [1.29, 1.82) is 0 Å². The van der Waals surface area contributed by atoms with E-state index in [2.05, 4.69) is 19.0 Å². The molecular formula is C8H15NO. The molecule has 0 amide bonds. The van der Waals surface area contributed by atoms with Crippen LogP contribution in [0.4, 0.5) is 0 Å².